The van der Waals surface area contributed by atoms with Crippen LogP contribution in [0.3, 0.4) is 0 Å². The third-order valence-electron chi connectivity index (χ3n) is 3.73. The summed E-state index contributed by atoms with van der Waals surface area (Å²) in [6.45, 7) is 5.40. The molecule has 1 aliphatic heterocycles. The van der Waals surface area contributed by atoms with E-state index in [9.17, 15) is 0 Å². The van der Waals surface area contributed by atoms with Gasteiger partial charge in [0.05, 0.1) is 23.1 Å². The van der Waals surface area contributed by atoms with Gasteiger partial charge < -0.3 is 15.5 Å². The van der Waals surface area contributed by atoms with Crippen molar-refractivity contribution in [3.8, 4) is 0 Å². The first-order valence-electron chi connectivity index (χ1n) is 6.33. The van der Waals surface area contributed by atoms with Crippen LogP contribution in [-0.4, -0.2) is 47.8 Å². The minimum absolute atomic E-state index is 0.478. The Morgan fingerprint density at radius 2 is 2.22 bits per heavy atom. The van der Waals surface area contributed by atoms with Crippen LogP contribution < -0.4 is 10.6 Å². The number of nitrogens with one attached hydrogen (secondary N) is 1. The summed E-state index contributed by atoms with van der Waals surface area (Å²) in [6.07, 6.45) is 1.81. The molecular weight excluding hydrogens is 226 g/mol. The summed E-state index contributed by atoms with van der Waals surface area (Å²) in [4.78, 5) is 4.74. The lowest BCUT2D eigenvalue weighted by atomic mass is 10.1. The van der Waals surface area contributed by atoms with Crippen molar-refractivity contribution in [3.63, 3.8) is 0 Å². The maximum atomic E-state index is 6.18. The molecule has 0 spiro atoms. The molecule has 1 aromatic carbocycles. The summed E-state index contributed by atoms with van der Waals surface area (Å²) in [5.41, 5.74) is 9.17. The molecule has 1 atom stereocenters. The number of hydrogen-bond donors (Lipinski definition) is 2. The number of rotatable bonds is 1. The Labute approximate surface area is 107 Å². The molecule has 1 unspecified atom stereocenters. The summed E-state index contributed by atoms with van der Waals surface area (Å²) >= 11 is 0. The van der Waals surface area contributed by atoms with Crippen molar-refractivity contribution in [2.45, 2.75) is 13.0 Å². The van der Waals surface area contributed by atoms with Gasteiger partial charge in [-0.05, 0) is 26.1 Å². The Bertz CT molecular complexity index is 562. The van der Waals surface area contributed by atoms with Crippen LogP contribution in [0.4, 0.5) is 11.4 Å². The summed E-state index contributed by atoms with van der Waals surface area (Å²) in [7, 11) is 2.16. The van der Waals surface area contributed by atoms with E-state index in [1.54, 1.807) is 0 Å². The zero-order valence-corrected chi connectivity index (χ0v) is 10.8. The Morgan fingerprint density at radius 3 is 3.00 bits per heavy atom. The molecule has 3 rings (SSSR count). The highest BCUT2D eigenvalue weighted by molar-refractivity contribution is 5.89. The maximum absolute atomic E-state index is 6.18. The van der Waals surface area contributed by atoms with E-state index in [0.717, 1.165) is 41.9 Å². The number of piperazine rings is 1. The molecule has 1 saturated heterocycles. The van der Waals surface area contributed by atoms with Crippen molar-refractivity contribution in [1.82, 2.24) is 15.1 Å². The van der Waals surface area contributed by atoms with Gasteiger partial charge in [0.25, 0.3) is 0 Å². The van der Waals surface area contributed by atoms with Crippen LogP contribution in [0, 0.1) is 0 Å². The Balaban J connectivity index is 2.00. The number of nitrogen functional groups attached to an aromatic ring is 1. The predicted octanol–water partition coefficient (Wildman–Crippen LogP) is 1.29. The van der Waals surface area contributed by atoms with Gasteiger partial charge in [-0.1, -0.05) is 0 Å². The number of fused-ring (bicyclic) bond motifs is 1. The molecule has 1 aromatic heterocycles. The number of likely N-dealkylation sites (N-methyl/N-ethyl adjacent to an activating group) is 1. The third-order valence-corrected chi connectivity index (χ3v) is 3.73. The second-order valence-corrected chi connectivity index (χ2v) is 5.17. The lowest BCUT2D eigenvalue weighted by Gasteiger charge is -2.40. The van der Waals surface area contributed by atoms with E-state index in [0.29, 0.717) is 6.04 Å². The van der Waals surface area contributed by atoms with Gasteiger partial charge in [0.1, 0.15) is 0 Å². The van der Waals surface area contributed by atoms with Crippen molar-refractivity contribution in [2.75, 3.05) is 37.3 Å². The number of nitrogens with zero attached hydrogens (tertiary/aromatic N) is 3. The van der Waals surface area contributed by atoms with Crippen LogP contribution in [0.2, 0.25) is 0 Å². The fraction of sp³-hybridized carbons (Fsp3) is 0.462. The number of aromatic amines is 1. The standard InChI is InChI=1S/C13H19N5/c1-9-8-17(2)3-4-18(9)13-6-12-10(5-11(13)14)7-15-16-12/h5-7,9H,3-4,8,14H2,1-2H3,(H,15,16). The molecule has 0 aliphatic carbocycles. The molecule has 2 heterocycles. The SMILES string of the molecule is CC1CN(C)CCN1c1cc2[nH]ncc2cc1N. The van der Waals surface area contributed by atoms with Gasteiger partial charge in [-0.2, -0.15) is 5.10 Å². The van der Waals surface area contributed by atoms with Crippen LogP contribution in [-0.2, 0) is 0 Å². The lowest BCUT2D eigenvalue weighted by molar-refractivity contribution is 0.276. The molecule has 96 valence electrons. The van der Waals surface area contributed by atoms with E-state index >= 15 is 0 Å². The van der Waals surface area contributed by atoms with E-state index < -0.39 is 0 Å². The fourth-order valence-corrected chi connectivity index (χ4v) is 2.74. The maximum Gasteiger partial charge on any atom is 0.0672 e. The molecule has 0 radical (unpaired) electrons. The second-order valence-electron chi connectivity index (χ2n) is 5.17. The van der Waals surface area contributed by atoms with Crippen molar-refractivity contribution in [3.05, 3.63) is 18.3 Å². The average molecular weight is 245 g/mol. The molecular formula is C13H19N5. The number of anilines is 2. The van der Waals surface area contributed by atoms with Crippen LogP contribution >= 0.6 is 0 Å². The molecule has 2 aromatic rings. The van der Waals surface area contributed by atoms with Crippen molar-refractivity contribution < 1.29 is 0 Å². The van der Waals surface area contributed by atoms with E-state index in [1.807, 2.05) is 12.3 Å². The van der Waals surface area contributed by atoms with Gasteiger partial charge in [-0.3, -0.25) is 5.10 Å². The highest BCUT2D eigenvalue weighted by atomic mass is 15.3. The van der Waals surface area contributed by atoms with Gasteiger partial charge in [-0.25, -0.2) is 0 Å². The molecule has 0 amide bonds. The minimum atomic E-state index is 0.478. The van der Waals surface area contributed by atoms with Crippen molar-refractivity contribution in [1.29, 1.82) is 0 Å². The number of aromatic nitrogens is 2. The number of benzene rings is 1. The average Bonchev–Trinajstić information content (AvgIpc) is 2.75. The van der Waals surface area contributed by atoms with Gasteiger partial charge in [0, 0.05) is 31.1 Å². The number of hydrogen-bond acceptors (Lipinski definition) is 4. The van der Waals surface area contributed by atoms with E-state index in [4.69, 9.17) is 5.73 Å². The largest absolute Gasteiger partial charge is 0.397 e. The van der Waals surface area contributed by atoms with Gasteiger partial charge >= 0.3 is 0 Å². The van der Waals surface area contributed by atoms with Crippen LogP contribution in [0.5, 0.6) is 0 Å². The van der Waals surface area contributed by atoms with E-state index in [1.165, 1.54) is 0 Å². The first-order valence-corrected chi connectivity index (χ1v) is 6.33. The summed E-state index contributed by atoms with van der Waals surface area (Å²) in [6, 6.07) is 4.59. The highest BCUT2D eigenvalue weighted by Gasteiger charge is 2.23. The predicted molar refractivity (Wildman–Crippen MR) is 74.8 cm³/mol. The molecule has 3 N–H and O–H groups in total. The molecule has 1 aliphatic rings. The third kappa shape index (κ3) is 1.80. The first-order chi connectivity index (χ1) is 8.65. The Kier molecular flexibility index (Phi) is 2.63. The molecule has 1 fully saturated rings. The Hall–Kier alpha value is -1.75. The van der Waals surface area contributed by atoms with Crippen LogP contribution in [0.25, 0.3) is 10.9 Å². The molecule has 5 nitrogen and oxygen atoms in total. The van der Waals surface area contributed by atoms with E-state index in [-0.39, 0.29) is 0 Å². The number of H-pyrrole nitrogens is 1. The van der Waals surface area contributed by atoms with Crippen molar-refractivity contribution in [2.24, 2.45) is 0 Å². The smallest absolute Gasteiger partial charge is 0.0672 e. The van der Waals surface area contributed by atoms with Crippen molar-refractivity contribution >= 4 is 22.3 Å². The van der Waals surface area contributed by atoms with Crippen LogP contribution in [0.15, 0.2) is 18.3 Å². The highest BCUT2D eigenvalue weighted by Crippen LogP contribution is 2.30. The Morgan fingerprint density at radius 1 is 1.39 bits per heavy atom. The zero-order chi connectivity index (χ0) is 12.7. The van der Waals surface area contributed by atoms with Crippen LogP contribution in [0.1, 0.15) is 6.92 Å². The molecule has 18 heavy (non-hydrogen) atoms. The molecule has 5 heteroatoms. The second kappa shape index (κ2) is 4.17. The molecule has 0 saturated carbocycles. The topological polar surface area (TPSA) is 61.2 Å². The summed E-state index contributed by atoms with van der Waals surface area (Å²) in [5.74, 6) is 0. The normalized spacial score (nSPS) is 21.7. The summed E-state index contributed by atoms with van der Waals surface area (Å²) < 4.78 is 0. The lowest BCUT2D eigenvalue weighted by Crippen LogP contribution is -2.50. The van der Waals surface area contributed by atoms with E-state index in [2.05, 4.69) is 40.0 Å². The molecule has 0 bridgehead atoms. The van der Waals surface area contributed by atoms with Gasteiger partial charge in [0.2, 0.25) is 0 Å². The van der Waals surface area contributed by atoms with Gasteiger partial charge in [-0.15, -0.1) is 0 Å². The number of nitrogens with two attached hydrogens (primary N) is 1. The fourth-order valence-electron chi connectivity index (χ4n) is 2.74. The quantitative estimate of drug-likeness (QED) is 0.743. The zero-order valence-electron chi connectivity index (χ0n) is 10.8. The minimum Gasteiger partial charge on any atom is -0.397 e. The monoisotopic (exact) mass is 245 g/mol. The summed E-state index contributed by atoms with van der Waals surface area (Å²) in [5, 5.41) is 8.13. The first kappa shape index (κ1) is 11.3. The van der Waals surface area contributed by atoms with Gasteiger partial charge in [0.15, 0.2) is 0 Å².